The molecule has 8 heteroatoms. The Labute approximate surface area is 203 Å². The van der Waals surface area contributed by atoms with Gasteiger partial charge >= 0.3 is 5.97 Å². The molecule has 0 aliphatic carbocycles. The van der Waals surface area contributed by atoms with Crippen molar-refractivity contribution in [3.05, 3.63) is 78.4 Å². The van der Waals surface area contributed by atoms with Crippen LogP contribution in [0.1, 0.15) is 5.56 Å². The third kappa shape index (κ3) is 5.22. The van der Waals surface area contributed by atoms with E-state index in [4.69, 9.17) is 29.2 Å². The molecule has 0 aliphatic heterocycles. The van der Waals surface area contributed by atoms with Crippen LogP contribution in [-0.2, 0) is 11.3 Å². The second kappa shape index (κ2) is 10.6. The zero-order valence-corrected chi connectivity index (χ0v) is 19.7. The molecule has 0 saturated heterocycles. The number of ether oxygens (including phenoxy) is 4. The van der Waals surface area contributed by atoms with Gasteiger partial charge in [-0.15, -0.1) is 0 Å². The lowest BCUT2D eigenvalue weighted by atomic mass is 10.1. The summed E-state index contributed by atoms with van der Waals surface area (Å²) in [4.78, 5) is 11.2. The van der Waals surface area contributed by atoms with Gasteiger partial charge in [0, 0.05) is 17.2 Å². The van der Waals surface area contributed by atoms with Crippen molar-refractivity contribution < 1.29 is 28.8 Å². The summed E-state index contributed by atoms with van der Waals surface area (Å²) >= 11 is 0. The first kappa shape index (κ1) is 23.7. The van der Waals surface area contributed by atoms with Gasteiger partial charge in [-0.25, -0.2) is 4.79 Å². The smallest absolute Gasteiger partial charge is 0.341 e. The molecule has 0 unspecified atom stereocenters. The van der Waals surface area contributed by atoms with Crippen LogP contribution in [0.15, 0.2) is 72.8 Å². The van der Waals surface area contributed by atoms with Crippen molar-refractivity contribution in [1.82, 2.24) is 9.78 Å². The van der Waals surface area contributed by atoms with E-state index in [1.807, 2.05) is 65.3 Å². The predicted octanol–water partition coefficient (Wildman–Crippen LogP) is 4.75. The van der Waals surface area contributed by atoms with Gasteiger partial charge in [0.25, 0.3) is 0 Å². The molecule has 0 fully saturated rings. The van der Waals surface area contributed by atoms with E-state index in [-0.39, 0.29) is 0 Å². The van der Waals surface area contributed by atoms with Crippen molar-refractivity contribution in [2.45, 2.75) is 6.54 Å². The number of aliphatic carboxylic acids is 1. The molecular weight excluding hydrogens is 448 g/mol. The monoisotopic (exact) mass is 474 g/mol. The van der Waals surface area contributed by atoms with Gasteiger partial charge in [0.05, 0.1) is 39.3 Å². The largest absolute Gasteiger partial charge is 0.496 e. The molecule has 0 atom stereocenters. The maximum Gasteiger partial charge on any atom is 0.341 e. The minimum Gasteiger partial charge on any atom is -0.496 e. The van der Waals surface area contributed by atoms with Crippen LogP contribution < -0.4 is 18.9 Å². The Balaban J connectivity index is 1.89. The molecule has 3 aromatic carbocycles. The van der Waals surface area contributed by atoms with Crippen molar-refractivity contribution in [3.63, 3.8) is 0 Å². The number of nitrogens with zero attached hydrogens (tertiary/aromatic N) is 2. The van der Waals surface area contributed by atoms with Gasteiger partial charge in [0.15, 0.2) is 18.1 Å². The standard InChI is InChI=1S/C27H26N2O6/c1-32-23-12-8-7-11-19(23)22-14-21(28-29(22)16-18-9-5-4-6-10-18)20-13-25(33-2)26(34-3)15-24(20)35-17-27(30)31/h4-15H,16-17H2,1-3H3,(H,30,31). The summed E-state index contributed by atoms with van der Waals surface area (Å²) in [6.07, 6.45) is 0. The highest BCUT2D eigenvalue weighted by atomic mass is 16.5. The number of carbonyl (C=O) groups is 1. The molecular formula is C27H26N2O6. The van der Waals surface area contributed by atoms with Gasteiger partial charge in [0.2, 0.25) is 0 Å². The van der Waals surface area contributed by atoms with Crippen LogP contribution in [0.5, 0.6) is 23.0 Å². The van der Waals surface area contributed by atoms with Gasteiger partial charge in [-0.05, 0) is 29.8 Å². The fraction of sp³-hybridized carbons (Fsp3) is 0.185. The Morgan fingerprint density at radius 1 is 0.800 bits per heavy atom. The van der Waals surface area contributed by atoms with Gasteiger partial charge in [-0.1, -0.05) is 42.5 Å². The number of hydrogen-bond donors (Lipinski definition) is 1. The average Bonchev–Trinajstić information content (AvgIpc) is 3.30. The summed E-state index contributed by atoms with van der Waals surface area (Å²) in [5, 5.41) is 14.1. The third-order valence-electron chi connectivity index (χ3n) is 5.45. The van der Waals surface area contributed by atoms with Crippen molar-refractivity contribution in [3.8, 4) is 45.5 Å². The van der Waals surface area contributed by atoms with Gasteiger partial charge in [-0.2, -0.15) is 5.10 Å². The van der Waals surface area contributed by atoms with Crippen LogP contribution in [0.25, 0.3) is 22.5 Å². The molecule has 0 saturated carbocycles. The quantitative estimate of drug-likeness (QED) is 0.354. The number of carboxylic acid groups (broad SMARTS) is 1. The molecule has 1 aromatic heterocycles. The van der Waals surface area contributed by atoms with Crippen molar-refractivity contribution in [2.75, 3.05) is 27.9 Å². The number of methoxy groups -OCH3 is 3. The Kier molecular flexibility index (Phi) is 7.21. The van der Waals surface area contributed by atoms with Gasteiger partial charge in [0.1, 0.15) is 11.5 Å². The second-order valence-corrected chi connectivity index (χ2v) is 7.64. The van der Waals surface area contributed by atoms with E-state index < -0.39 is 12.6 Å². The first-order chi connectivity index (χ1) is 17.0. The topological polar surface area (TPSA) is 92.0 Å². The van der Waals surface area contributed by atoms with Crippen molar-refractivity contribution in [2.24, 2.45) is 0 Å². The Morgan fingerprint density at radius 3 is 2.14 bits per heavy atom. The number of carboxylic acids is 1. The summed E-state index contributed by atoms with van der Waals surface area (Å²) in [6.45, 7) is 0.0133. The molecule has 0 amide bonds. The number of aromatic nitrogens is 2. The maximum absolute atomic E-state index is 11.2. The second-order valence-electron chi connectivity index (χ2n) is 7.64. The zero-order valence-electron chi connectivity index (χ0n) is 19.7. The lowest BCUT2D eigenvalue weighted by Crippen LogP contribution is -2.10. The lowest BCUT2D eigenvalue weighted by molar-refractivity contribution is -0.139. The number of para-hydroxylation sites is 1. The average molecular weight is 475 g/mol. The normalized spacial score (nSPS) is 10.6. The van der Waals surface area contributed by atoms with E-state index in [0.717, 1.165) is 16.8 Å². The minimum atomic E-state index is -1.09. The van der Waals surface area contributed by atoms with E-state index >= 15 is 0 Å². The fourth-order valence-corrected chi connectivity index (χ4v) is 3.82. The van der Waals surface area contributed by atoms with E-state index in [9.17, 15) is 4.79 Å². The molecule has 0 bridgehead atoms. The van der Waals surface area contributed by atoms with Crippen molar-refractivity contribution in [1.29, 1.82) is 0 Å². The van der Waals surface area contributed by atoms with Crippen LogP contribution in [0.3, 0.4) is 0 Å². The van der Waals surface area contributed by atoms with Crippen LogP contribution in [0.2, 0.25) is 0 Å². The first-order valence-corrected chi connectivity index (χ1v) is 10.9. The molecule has 0 spiro atoms. The van der Waals surface area contributed by atoms with Gasteiger partial charge in [-0.3, -0.25) is 4.68 Å². The highest BCUT2D eigenvalue weighted by molar-refractivity contribution is 5.78. The van der Waals surface area contributed by atoms with Crippen LogP contribution in [0, 0.1) is 0 Å². The molecule has 4 rings (SSSR count). The van der Waals surface area contributed by atoms with E-state index in [2.05, 4.69) is 0 Å². The zero-order chi connectivity index (χ0) is 24.8. The molecule has 0 aliphatic rings. The predicted molar refractivity (Wildman–Crippen MR) is 131 cm³/mol. The molecule has 0 radical (unpaired) electrons. The SMILES string of the molecule is COc1cc(OCC(=O)O)c(-c2cc(-c3ccccc3OC)n(Cc3ccccc3)n2)cc1OC. The summed E-state index contributed by atoms with van der Waals surface area (Å²) in [7, 11) is 4.67. The molecule has 8 nitrogen and oxygen atoms in total. The molecule has 35 heavy (non-hydrogen) atoms. The number of benzene rings is 3. The Hall–Kier alpha value is -4.46. The van der Waals surface area contributed by atoms with E-state index in [1.165, 1.54) is 14.2 Å². The molecule has 180 valence electrons. The summed E-state index contributed by atoms with van der Waals surface area (Å²) in [5.74, 6) is 0.839. The van der Waals surface area contributed by atoms with Crippen LogP contribution in [0.4, 0.5) is 0 Å². The maximum atomic E-state index is 11.2. The Morgan fingerprint density at radius 2 is 1.46 bits per heavy atom. The summed E-state index contributed by atoms with van der Waals surface area (Å²) in [5.41, 5.74) is 3.95. The summed E-state index contributed by atoms with van der Waals surface area (Å²) < 4.78 is 24.0. The lowest BCUT2D eigenvalue weighted by Gasteiger charge is -2.14. The van der Waals surface area contributed by atoms with E-state index in [1.54, 1.807) is 19.2 Å². The number of rotatable bonds is 10. The van der Waals surface area contributed by atoms with Crippen LogP contribution >= 0.6 is 0 Å². The third-order valence-corrected chi connectivity index (χ3v) is 5.45. The van der Waals surface area contributed by atoms with Gasteiger partial charge < -0.3 is 24.1 Å². The van der Waals surface area contributed by atoms with Crippen LogP contribution in [-0.4, -0.2) is 48.8 Å². The number of hydrogen-bond acceptors (Lipinski definition) is 6. The fourth-order valence-electron chi connectivity index (χ4n) is 3.82. The van der Waals surface area contributed by atoms with Crippen molar-refractivity contribution >= 4 is 5.97 Å². The minimum absolute atomic E-state index is 0.320. The first-order valence-electron chi connectivity index (χ1n) is 10.9. The van der Waals surface area contributed by atoms with E-state index in [0.29, 0.717) is 40.8 Å². The highest BCUT2D eigenvalue weighted by Crippen LogP contribution is 2.41. The molecule has 4 aromatic rings. The molecule has 1 N–H and O–H groups in total. The molecule has 1 heterocycles. The summed E-state index contributed by atoms with van der Waals surface area (Å²) in [6, 6.07) is 23.0. The highest BCUT2D eigenvalue weighted by Gasteiger charge is 2.21. The Bertz CT molecular complexity index is 1320.